The normalized spacial score (nSPS) is 31.9. The van der Waals surface area contributed by atoms with Crippen molar-refractivity contribution in [3.63, 3.8) is 0 Å². The Hall–Kier alpha value is -0.0800. The van der Waals surface area contributed by atoms with Crippen LogP contribution in [0, 0.1) is 17.3 Å². The van der Waals surface area contributed by atoms with Crippen molar-refractivity contribution in [1.29, 1.82) is 0 Å². The maximum absolute atomic E-state index is 10.7. The van der Waals surface area contributed by atoms with Crippen molar-refractivity contribution < 1.29 is 10.2 Å². The Morgan fingerprint density at radius 2 is 1.70 bits per heavy atom. The lowest BCUT2D eigenvalue weighted by Gasteiger charge is -2.49. The molecule has 2 fully saturated rings. The summed E-state index contributed by atoms with van der Waals surface area (Å²) in [5, 5.41) is 19.9. The molecule has 20 heavy (non-hydrogen) atoms. The number of aliphatic hydroxyl groups is 2. The molecule has 0 spiro atoms. The molecule has 0 saturated heterocycles. The van der Waals surface area contributed by atoms with Crippen LogP contribution in [-0.2, 0) is 0 Å². The molecular formula is C18H34O2. The molecule has 2 saturated carbocycles. The lowest BCUT2D eigenvalue weighted by molar-refractivity contribution is -0.0722. The van der Waals surface area contributed by atoms with Crippen LogP contribution in [0.5, 0.6) is 0 Å². The molecule has 0 aromatic rings. The fourth-order valence-electron chi connectivity index (χ4n) is 5.07. The second-order valence-electron chi connectivity index (χ2n) is 7.33. The lowest BCUT2D eigenvalue weighted by Crippen LogP contribution is -2.45. The highest BCUT2D eigenvalue weighted by Crippen LogP contribution is 2.52. The van der Waals surface area contributed by atoms with Gasteiger partial charge in [0.05, 0.1) is 6.10 Å². The quantitative estimate of drug-likeness (QED) is 0.763. The highest BCUT2D eigenvalue weighted by molar-refractivity contribution is 4.96. The summed E-state index contributed by atoms with van der Waals surface area (Å²) in [6.45, 7) is 2.42. The van der Waals surface area contributed by atoms with Gasteiger partial charge in [-0.1, -0.05) is 51.9 Å². The number of aliphatic hydroxyl groups excluding tert-OH is 2. The zero-order chi connectivity index (χ0) is 14.4. The molecular weight excluding hydrogens is 248 g/mol. The number of hydrogen-bond acceptors (Lipinski definition) is 2. The van der Waals surface area contributed by atoms with E-state index >= 15 is 0 Å². The van der Waals surface area contributed by atoms with Crippen molar-refractivity contribution >= 4 is 0 Å². The van der Waals surface area contributed by atoms with Gasteiger partial charge in [-0.15, -0.1) is 0 Å². The Morgan fingerprint density at radius 3 is 2.25 bits per heavy atom. The highest BCUT2D eigenvalue weighted by atomic mass is 16.3. The predicted molar refractivity (Wildman–Crippen MR) is 83.6 cm³/mol. The Morgan fingerprint density at radius 1 is 1.05 bits per heavy atom. The molecule has 0 aromatic heterocycles. The molecule has 2 heteroatoms. The van der Waals surface area contributed by atoms with Gasteiger partial charge < -0.3 is 10.2 Å². The van der Waals surface area contributed by atoms with E-state index in [1.54, 1.807) is 0 Å². The Balaban J connectivity index is 2.00. The van der Waals surface area contributed by atoms with Crippen LogP contribution in [0.15, 0.2) is 0 Å². The van der Waals surface area contributed by atoms with E-state index in [1.165, 1.54) is 70.6 Å². The van der Waals surface area contributed by atoms with E-state index in [-0.39, 0.29) is 18.1 Å². The number of rotatable bonds is 6. The monoisotopic (exact) mass is 282 g/mol. The van der Waals surface area contributed by atoms with E-state index < -0.39 is 0 Å². The third kappa shape index (κ3) is 3.57. The molecule has 0 heterocycles. The first-order valence-electron chi connectivity index (χ1n) is 9.02. The molecule has 2 nitrogen and oxygen atoms in total. The van der Waals surface area contributed by atoms with Crippen molar-refractivity contribution in [2.45, 2.75) is 90.1 Å². The van der Waals surface area contributed by atoms with Gasteiger partial charge >= 0.3 is 0 Å². The first-order chi connectivity index (χ1) is 9.73. The standard InChI is InChI=1S/C18H34O2/c1-2-6-15-7-9-16(10-8-15)18(17(20)11-14-19)12-4-3-5-13-18/h15-17,19-20H,2-14H2,1H3/t15-,16-,17?. The summed E-state index contributed by atoms with van der Waals surface area (Å²) < 4.78 is 0. The van der Waals surface area contributed by atoms with Crippen molar-refractivity contribution in [3.05, 3.63) is 0 Å². The van der Waals surface area contributed by atoms with Gasteiger partial charge in [-0.3, -0.25) is 0 Å². The molecule has 0 amide bonds. The molecule has 2 aliphatic rings. The van der Waals surface area contributed by atoms with Gasteiger partial charge in [-0.25, -0.2) is 0 Å². The minimum atomic E-state index is -0.277. The van der Waals surface area contributed by atoms with E-state index in [0.717, 1.165) is 5.92 Å². The summed E-state index contributed by atoms with van der Waals surface area (Å²) in [5.41, 5.74) is 0.137. The van der Waals surface area contributed by atoms with Crippen molar-refractivity contribution in [1.82, 2.24) is 0 Å². The van der Waals surface area contributed by atoms with Gasteiger partial charge in [0.1, 0.15) is 0 Å². The maximum atomic E-state index is 10.7. The Bertz CT molecular complexity index is 263. The Labute approximate surface area is 125 Å². The topological polar surface area (TPSA) is 40.5 Å². The summed E-state index contributed by atoms with van der Waals surface area (Å²) in [5.74, 6) is 1.64. The van der Waals surface area contributed by atoms with E-state index in [0.29, 0.717) is 12.3 Å². The van der Waals surface area contributed by atoms with E-state index in [1.807, 2.05) is 0 Å². The van der Waals surface area contributed by atoms with Gasteiger partial charge in [-0.2, -0.15) is 0 Å². The van der Waals surface area contributed by atoms with E-state index in [9.17, 15) is 10.2 Å². The fourth-order valence-corrected chi connectivity index (χ4v) is 5.07. The third-order valence-corrected chi connectivity index (χ3v) is 6.21. The summed E-state index contributed by atoms with van der Waals surface area (Å²) >= 11 is 0. The maximum Gasteiger partial charge on any atom is 0.0620 e. The van der Waals surface area contributed by atoms with Gasteiger partial charge in [0.2, 0.25) is 0 Å². The average Bonchev–Trinajstić information content (AvgIpc) is 2.49. The van der Waals surface area contributed by atoms with Crippen LogP contribution in [0.4, 0.5) is 0 Å². The minimum absolute atomic E-state index is 0.133. The number of hydrogen-bond donors (Lipinski definition) is 2. The van der Waals surface area contributed by atoms with E-state index in [2.05, 4.69) is 6.92 Å². The average molecular weight is 282 g/mol. The molecule has 0 bridgehead atoms. The minimum Gasteiger partial charge on any atom is -0.396 e. The van der Waals surface area contributed by atoms with Crippen LogP contribution in [0.25, 0.3) is 0 Å². The molecule has 118 valence electrons. The second-order valence-corrected chi connectivity index (χ2v) is 7.33. The highest BCUT2D eigenvalue weighted by Gasteiger charge is 2.45. The summed E-state index contributed by atoms with van der Waals surface area (Å²) in [6.07, 6.45) is 14.6. The second kappa shape index (κ2) is 7.79. The first-order valence-corrected chi connectivity index (χ1v) is 9.02. The lowest BCUT2D eigenvalue weighted by atomic mass is 9.57. The zero-order valence-electron chi connectivity index (χ0n) is 13.3. The fraction of sp³-hybridized carbons (Fsp3) is 1.00. The molecule has 0 radical (unpaired) electrons. The Kier molecular flexibility index (Phi) is 6.35. The molecule has 1 atom stereocenters. The van der Waals surface area contributed by atoms with Crippen LogP contribution in [0.3, 0.4) is 0 Å². The zero-order valence-corrected chi connectivity index (χ0v) is 13.3. The molecule has 2 rings (SSSR count). The van der Waals surface area contributed by atoms with Crippen LogP contribution in [0.1, 0.15) is 84.0 Å². The van der Waals surface area contributed by atoms with Gasteiger partial charge in [0.25, 0.3) is 0 Å². The van der Waals surface area contributed by atoms with Crippen molar-refractivity contribution in [2.75, 3.05) is 6.61 Å². The largest absolute Gasteiger partial charge is 0.396 e. The van der Waals surface area contributed by atoms with Crippen molar-refractivity contribution in [3.8, 4) is 0 Å². The van der Waals surface area contributed by atoms with Crippen LogP contribution < -0.4 is 0 Å². The van der Waals surface area contributed by atoms with E-state index in [4.69, 9.17) is 0 Å². The summed E-state index contributed by atoms with van der Waals surface area (Å²) in [4.78, 5) is 0. The molecule has 2 N–H and O–H groups in total. The third-order valence-electron chi connectivity index (χ3n) is 6.21. The van der Waals surface area contributed by atoms with Gasteiger partial charge in [-0.05, 0) is 49.4 Å². The first kappa shape index (κ1) is 16.3. The van der Waals surface area contributed by atoms with Gasteiger partial charge in [0, 0.05) is 6.61 Å². The smallest absolute Gasteiger partial charge is 0.0620 e. The predicted octanol–water partition coefficient (Wildman–Crippen LogP) is 4.29. The van der Waals surface area contributed by atoms with Crippen molar-refractivity contribution in [2.24, 2.45) is 17.3 Å². The molecule has 1 unspecified atom stereocenters. The summed E-state index contributed by atoms with van der Waals surface area (Å²) in [6, 6.07) is 0. The SMILES string of the molecule is CCC[C@H]1CC[C@H](C2(C(O)CCO)CCCCC2)CC1. The van der Waals surface area contributed by atoms with Crippen LogP contribution >= 0.6 is 0 Å². The molecule has 0 aliphatic heterocycles. The summed E-state index contributed by atoms with van der Waals surface area (Å²) in [7, 11) is 0. The molecule has 2 aliphatic carbocycles. The van der Waals surface area contributed by atoms with Crippen LogP contribution in [0.2, 0.25) is 0 Å². The molecule has 0 aromatic carbocycles. The van der Waals surface area contributed by atoms with Crippen LogP contribution in [-0.4, -0.2) is 22.9 Å². The van der Waals surface area contributed by atoms with Gasteiger partial charge in [0.15, 0.2) is 0 Å².